The summed E-state index contributed by atoms with van der Waals surface area (Å²) in [7, 11) is 0. The van der Waals surface area contributed by atoms with E-state index in [-0.39, 0.29) is 42.8 Å². The van der Waals surface area contributed by atoms with Crippen LogP contribution in [0.15, 0.2) is 34.0 Å². The summed E-state index contributed by atoms with van der Waals surface area (Å²) < 4.78 is 1.31. The molecular formula is C24H34N6O4. The molecule has 2 aromatic heterocycles. The van der Waals surface area contributed by atoms with Crippen molar-refractivity contribution in [2.24, 2.45) is 5.92 Å². The standard InChI is InChI=1S/C24H34N6O4/c1-3-5-9-13-29(20-21(25)30(12-6-4-2)24(34)27-22(20)32)23(33)17-14-19(31)28(15-17)16-18-10-7-8-11-26-18/h7-8,10-11,17H,3-6,9,12-16,25H2,1-2H3,(H,27,32,34). The third kappa shape index (κ3) is 5.73. The number of rotatable bonds is 11. The molecule has 1 fully saturated rings. The fourth-order valence-corrected chi connectivity index (χ4v) is 4.23. The van der Waals surface area contributed by atoms with Gasteiger partial charge in [0.25, 0.3) is 5.56 Å². The van der Waals surface area contributed by atoms with E-state index < -0.39 is 17.2 Å². The number of hydrogen-bond donors (Lipinski definition) is 2. The van der Waals surface area contributed by atoms with Crippen LogP contribution in [-0.2, 0) is 22.7 Å². The third-order valence-electron chi connectivity index (χ3n) is 6.11. The highest BCUT2D eigenvalue weighted by molar-refractivity contribution is 6.00. The maximum absolute atomic E-state index is 13.6. The van der Waals surface area contributed by atoms with Crippen molar-refractivity contribution in [1.29, 1.82) is 0 Å². The Morgan fingerprint density at radius 2 is 1.94 bits per heavy atom. The highest BCUT2D eigenvalue weighted by atomic mass is 16.2. The first-order chi connectivity index (χ1) is 16.4. The molecule has 10 nitrogen and oxygen atoms in total. The van der Waals surface area contributed by atoms with Gasteiger partial charge in [-0.25, -0.2) is 4.79 Å². The molecule has 0 spiro atoms. The topological polar surface area (TPSA) is 134 Å². The van der Waals surface area contributed by atoms with Crippen LogP contribution in [0.5, 0.6) is 0 Å². The van der Waals surface area contributed by atoms with Gasteiger partial charge in [-0.05, 0) is 25.0 Å². The zero-order valence-corrected chi connectivity index (χ0v) is 20.0. The molecule has 1 aliphatic heterocycles. The molecule has 1 unspecified atom stereocenters. The van der Waals surface area contributed by atoms with Crippen molar-refractivity contribution < 1.29 is 9.59 Å². The largest absolute Gasteiger partial charge is 0.383 e. The molecule has 0 saturated carbocycles. The fraction of sp³-hybridized carbons (Fsp3) is 0.542. The lowest BCUT2D eigenvalue weighted by molar-refractivity contribution is -0.129. The Morgan fingerprint density at radius 3 is 2.62 bits per heavy atom. The summed E-state index contributed by atoms with van der Waals surface area (Å²) in [5.41, 5.74) is 5.75. The second kappa shape index (κ2) is 11.6. The minimum atomic E-state index is -0.685. The quantitative estimate of drug-likeness (QED) is 0.482. The van der Waals surface area contributed by atoms with Gasteiger partial charge in [0.05, 0.1) is 18.2 Å². The van der Waals surface area contributed by atoms with Crippen molar-refractivity contribution in [2.75, 3.05) is 23.7 Å². The van der Waals surface area contributed by atoms with E-state index in [0.29, 0.717) is 25.9 Å². The summed E-state index contributed by atoms with van der Waals surface area (Å²) in [4.78, 5) is 61.0. The van der Waals surface area contributed by atoms with E-state index in [0.717, 1.165) is 25.0 Å². The molecule has 3 rings (SSSR count). The van der Waals surface area contributed by atoms with E-state index in [2.05, 4.69) is 9.97 Å². The molecule has 0 bridgehead atoms. The van der Waals surface area contributed by atoms with Crippen LogP contribution in [0.4, 0.5) is 11.5 Å². The molecule has 2 amide bonds. The molecule has 1 aliphatic rings. The van der Waals surface area contributed by atoms with Gasteiger partial charge < -0.3 is 15.5 Å². The van der Waals surface area contributed by atoms with Crippen LogP contribution in [0, 0.1) is 5.92 Å². The molecule has 1 atom stereocenters. The monoisotopic (exact) mass is 470 g/mol. The van der Waals surface area contributed by atoms with Gasteiger partial charge in [0, 0.05) is 32.3 Å². The van der Waals surface area contributed by atoms with Crippen molar-refractivity contribution in [2.45, 2.75) is 65.5 Å². The zero-order chi connectivity index (χ0) is 24.7. The van der Waals surface area contributed by atoms with Gasteiger partial charge in [-0.15, -0.1) is 0 Å². The molecule has 0 aromatic carbocycles. The highest BCUT2D eigenvalue weighted by Crippen LogP contribution is 2.26. The Morgan fingerprint density at radius 1 is 1.18 bits per heavy atom. The summed E-state index contributed by atoms with van der Waals surface area (Å²) in [6.07, 6.45) is 5.75. The lowest BCUT2D eigenvalue weighted by Gasteiger charge is -2.27. The molecule has 2 aromatic rings. The first kappa shape index (κ1) is 25.2. The maximum Gasteiger partial charge on any atom is 0.330 e. The molecule has 10 heteroatoms. The van der Waals surface area contributed by atoms with Crippen molar-refractivity contribution >= 4 is 23.3 Å². The summed E-state index contributed by atoms with van der Waals surface area (Å²) >= 11 is 0. The number of nitrogen functional groups attached to an aromatic ring is 1. The van der Waals surface area contributed by atoms with Crippen LogP contribution in [0.1, 0.15) is 58.1 Å². The first-order valence-corrected chi connectivity index (χ1v) is 12.0. The first-order valence-electron chi connectivity index (χ1n) is 12.0. The van der Waals surface area contributed by atoms with Crippen molar-refractivity contribution in [3.05, 3.63) is 50.9 Å². The van der Waals surface area contributed by atoms with Crippen LogP contribution in [0.3, 0.4) is 0 Å². The molecule has 0 aliphatic carbocycles. The number of unbranched alkanes of at least 4 members (excludes halogenated alkanes) is 3. The average molecular weight is 471 g/mol. The lowest BCUT2D eigenvalue weighted by Crippen LogP contribution is -2.44. The van der Waals surface area contributed by atoms with Crippen molar-refractivity contribution in [3.8, 4) is 0 Å². The van der Waals surface area contributed by atoms with E-state index in [1.54, 1.807) is 17.2 Å². The fourth-order valence-electron chi connectivity index (χ4n) is 4.23. The van der Waals surface area contributed by atoms with Crippen LogP contribution in [0.2, 0.25) is 0 Å². The van der Waals surface area contributed by atoms with Gasteiger partial charge >= 0.3 is 5.69 Å². The third-order valence-corrected chi connectivity index (χ3v) is 6.11. The Labute approximate surface area is 198 Å². The lowest BCUT2D eigenvalue weighted by atomic mass is 10.1. The summed E-state index contributed by atoms with van der Waals surface area (Å²) in [6, 6.07) is 5.49. The number of pyridine rings is 1. The molecule has 184 valence electrons. The molecule has 3 N–H and O–H groups in total. The number of nitrogens with two attached hydrogens (primary N) is 1. The smallest absolute Gasteiger partial charge is 0.330 e. The normalized spacial score (nSPS) is 15.6. The van der Waals surface area contributed by atoms with Gasteiger partial charge in [0.2, 0.25) is 11.8 Å². The summed E-state index contributed by atoms with van der Waals surface area (Å²) in [6.45, 7) is 5.24. The van der Waals surface area contributed by atoms with E-state index in [9.17, 15) is 19.2 Å². The number of hydrogen-bond acceptors (Lipinski definition) is 6. The zero-order valence-electron chi connectivity index (χ0n) is 20.0. The minimum Gasteiger partial charge on any atom is -0.383 e. The van der Waals surface area contributed by atoms with Gasteiger partial charge in [-0.2, -0.15) is 0 Å². The average Bonchev–Trinajstić information content (AvgIpc) is 3.18. The number of anilines is 2. The van der Waals surface area contributed by atoms with Crippen LogP contribution in [-0.4, -0.2) is 44.3 Å². The number of aromatic nitrogens is 3. The number of nitrogens with one attached hydrogen (secondary N) is 1. The molecular weight excluding hydrogens is 436 g/mol. The molecule has 1 saturated heterocycles. The molecule has 3 heterocycles. The van der Waals surface area contributed by atoms with Crippen molar-refractivity contribution in [1.82, 2.24) is 19.4 Å². The minimum absolute atomic E-state index is 0.00701. The van der Waals surface area contributed by atoms with E-state index in [1.807, 2.05) is 26.0 Å². The SMILES string of the molecule is CCCCCN(C(=O)C1CC(=O)N(Cc2ccccn2)C1)c1c(N)n(CCCC)c(=O)[nH]c1=O. The van der Waals surface area contributed by atoms with Crippen LogP contribution in [0.25, 0.3) is 0 Å². The summed E-state index contributed by atoms with van der Waals surface area (Å²) in [5.74, 6) is -1.08. The summed E-state index contributed by atoms with van der Waals surface area (Å²) in [5, 5.41) is 0. The van der Waals surface area contributed by atoms with Gasteiger partial charge in [0.15, 0.2) is 5.69 Å². The van der Waals surface area contributed by atoms with Crippen LogP contribution < -0.4 is 21.9 Å². The van der Waals surface area contributed by atoms with E-state index >= 15 is 0 Å². The number of H-pyrrole nitrogens is 1. The number of carbonyl (C=O) groups is 2. The van der Waals surface area contributed by atoms with Crippen LogP contribution >= 0.6 is 0 Å². The number of nitrogens with zero attached hydrogens (tertiary/aromatic N) is 4. The van der Waals surface area contributed by atoms with Gasteiger partial charge in [-0.3, -0.25) is 28.9 Å². The Bertz CT molecular complexity index is 1110. The molecule has 0 radical (unpaired) electrons. The molecule has 34 heavy (non-hydrogen) atoms. The number of carbonyl (C=O) groups excluding carboxylic acids is 2. The Hall–Kier alpha value is -3.43. The second-order valence-corrected chi connectivity index (χ2v) is 8.69. The highest BCUT2D eigenvalue weighted by Gasteiger charge is 2.38. The van der Waals surface area contributed by atoms with Gasteiger partial charge in [-0.1, -0.05) is 39.2 Å². The predicted octanol–water partition coefficient (Wildman–Crippen LogP) is 1.89. The Balaban J connectivity index is 1.89. The number of likely N-dealkylation sites (tertiary alicyclic amines) is 1. The Kier molecular flexibility index (Phi) is 8.61. The number of amides is 2. The second-order valence-electron chi connectivity index (χ2n) is 8.69. The van der Waals surface area contributed by atoms with Gasteiger partial charge in [0.1, 0.15) is 5.82 Å². The van der Waals surface area contributed by atoms with E-state index in [4.69, 9.17) is 5.73 Å². The number of aromatic amines is 1. The van der Waals surface area contributed by atoms with E-state index in [1.165, 1.54) is 9.47 Å². The predicted molar refractivity (Wildman–Crippen MR) is 130 cm³/mol. The van der Waals surface area contributed by atoms with Crippen molar-refractivity contribution in [3.63, 3.8) is 0 Å². The maximum atomic E-state index is 13.6.